The zero-order valence-electron chi connectivity index (χ0n) is 11.3. The first-order chi connectivity index (χ1) is 8.67. The van der Waals surface area contributed by atoms with Crippen LogP contribution < -0.4 is 14.8 Å². The van der Waals surface area contributed by atoms with Gasteiger partial charge >= 0.3 is 0 Å². The molecule has 0 saturated carbocycles. The Bertz CT molecular complexity index is 391. The van der Waals surface area contributed by atoms with Crippen LogP contribution in [0.5, 0.6) is 11.5 Å². The number of hydrogen-bond donors (Lipinski definition) is 1. The molecule has 0 spiro atoms. The van der Waals surface area contributed by atoms with E-state index in [1.807, 2.05) is 18.2 Å². The highest BCUT2D eigenvalue weighted by Gasteiger charge is 2.04. The maximum Gasteiger partial charge on any atom is 0.129 e. The van der Waals surface area contributed by atoms with Crippen molar-refractivity contribution in [3.63, 3.8) is 0 Å². The largest absolute Gasteiger partial charge is 0.497 e. The number of methoxy groups -OCH3 is 2. The third kappa shape index (κ3) is 4.75. The number of hydrogen-bond acceptors (Lipinski definition) is 4. The lowest BCUT2D eigenvalue weighted by molar-refractivity contribution is -0.117. The molecule has 100 valence electrons. The quantitative estimate of drug-likeness (QED) is 0.719. The van der Waals surface area contributed by atoms with Gasteiger partial charge in [0.15, 0.2) is 0 Å². The minimum absolute atomic E-state index is 0.232. The molecular formula is C14H21NO3. The molecule has 0 aliphatic rings. The number of nitrogens with one attached hydrogen (secondary N) is 1. The van der Waals surface area contributed by atoms with Crippen LogP contribution in [0.25, 0.3) is 0 Å². The molecule has 0 saturated heterocycles. The average Bonchev–Trinajstić information content (AvgIpc) is 2.37. The van der Waals surface area contributed by atoms with Gasteiger partial charge in [-0.2, -0.15) is 0 Å². The Morgan fingerprint density at radius 3 is 2.67 bits per heavy atom. The second-order valence-corrected chi connectivity index (χ2v) is 4.16. The van der Waals surface area contributed by atoms with Gasteiger partial charge in [0.2, 0.25) is 0 Å². The number of carbonyl (C=O) groups excluding carboxylic acids is 1. The fourth-order valence-electron chi connectivity index (χ4n) is 1.71. The van der Waals surface area contributed by atoms with Crippen LogP contribution in [0.15, 0.2) is 18.2 Å². The summed E-state index contributed by atoms with van der Waals surface area (Å²) >= 11 is 0. The van der Waals surface area contributed by atoms with Crippen LogP contribution in [0.2, 0.25) is 0 Å². The Balaban J connectivity index is 2.47. The number of Topliss-reactive ketones (excluding diaryl/α,β-unsaturated/α-hetero) is 1. The van der Waals surface area contributed by atoms with Crippen molar-refractivity contribution in [2.45, 2.75) is 26.3 Å². The average molecular weight is 251 g/mol. The van der Waals surface area contributed by atoms with E-state index in [-0.39, 0.29) is 5.78 Å². The third-order valence-electron chi connectivity index (χ3n) is 2.69. The maximum atomic E-state index is 10.8. The van der Waals surface area contributed by atoms with Crippen molar-refractivity contribution in [3.05, 3.63) is 23.8 Å². The van der Waals surface area contributed by atoms with E-state index in [9.17, 15) is 4.79 Å². The molecule has 0 aromatic heterocycles. The topological polar surface area (TPSA) is 47.6 Å². The summed E-state index contributed by atoms with van der Waals surface area (Å²) in [7, 11) is 3.30. The molecule has 1 aromatic rings. The molecule has 4 heteroatoms. The van der Waals surface area contributed by atoms with Gasteiger partial charge in [-0.05, 0) is 38.1 Å². The zero-order valence-corrected chi connectivity index (χ0v) is 11.3. The monoisotopic (exact) mass is 251 g/mol. The van der Waals surface area contributed by atoms with Gasteiger partial charge in [0, 0.05) is 18.5 Å². The SMILES string of the molecule is COc1ccc(OC)c(CNCCCC(C)=O)c1. The summed E-state index contributed by atoms with van der Waals surface area (Å²) < 4.78 is 10.5. The number of ether oxygens (including phenoxy) is 2. The summed E-state index contributed by atoms with van der Waals surface area (Å²) in [6, 6.07) is 5.72. The van der Waals surface area contributed by atoms with Crippen molar-refractivity contribution in [3.8, 4) is 11.5 Å². The highest BCUT2D eigenvalue weighted by molar-refractivity contribution is 5.75. The van der Waals surface area contributed by atoms with Gasteiger partial charge in [-0.15, -0.1) is 0 Å². The second-order valence-electron chi connectivity index (χ2n) is 4.16. The predicted octanol–water partition coefficient (Wildman–Crippen LogP) is 2.16. The summed E-state index contributed by atoms with van der Waals surface area (Å²) in [6.07, 6.45) is 1.49. The van der Waals surface area contributed by atoms with Crippen molar-refractivity contribution in [1.82, 2.24) is 5.32 Å². The molecule has 0 amide bonds. The van der Waals surface area contributed by atoms with E-state index in [1.165, 1.54) is 0 Å². The Hall–Kier alpha value is -1.55. The lowest BCUT2D eigenvalue weighted by Crippen LogP contribution is -2.16. The lowest BCUT2D eigenvalue weighted by Gasteiger charge is -2.11. The van der Waals surface area contributed by atoms with Gasteiger partial charge in [0.05, 0.1) is 14.2 Å². The van der Waals surface area contributed by atoms with Crippen molar-refractivity contribution < 1.29 is 14.3 Å². The van der Waals surface area contributed by atoms with Gasteiger partial charge in [-0.25, -0.2) is 0 Å². The van der Waals surface area contributed by atoms with Crippen LogP contribution in [-0.4, -0.2) is 26.5 Å². The molecule has 0 bridgehead atoms. The zero-order chi connectivity index (χ0) is 13.4. The number of benzene rings is 1. The fraction of sp³-hybridized carbons (Fsp3) is 0.500. The summed E-state index contributed by atoms with van der Waals surface area (Å²) in [4.78, 5) is 10.8. The number of carbonyl (C=O) groups is 1. The first kappa shape index (κ1) is 14.5. The molecule has 0 atom stereocenters. The van der Waals surface area contributed by atoms with Crippen LogP contribution in [-0.2, 0) is 11.3 Å². The van der Waals surface area contributed by atoms with Gasteiger partial charge in [0.25, 0.3) is 0 Å². The van der Waals surface area contributed by atoms with E-state index in [4.69, 9.17) is 9.47 Å². The van der Waals surface area contributed by atoms with E-state index in [1.54, 1.807) is 21.1 Å². The second kappa shape index (κ2) is 7.71. The van der Waals surface area contributed by atoms with E-state index in [2.05, 4.69) is 5.32 Å². The minimum atomic E-state index is 0.232. The van der Waals surface area contributed by atoms with Gasteiger partial charge in [-0.1, -0.05) is 0 Å². The molecule has 0 heterocycles. The Morgan fingerprint density at radius 1 is 1.28 bits per heavy atom. The first-order valence-electron chi connectivity index (χ1n) is 6.08. The normalized spacial score (nSPS) is 10.2. The fourth-order valence-corrected chi connectivity index (χ4v) is 1.71. The molecule has 0 fully saturated rings. The van der Waals surface area contributed by atoms with Crippen LogP contribution in [0.1, 0.15) is 25.3 Å². The summed E-state index contributed by atoms with van der Waals surface area (Å²) in [6.45, 7) is 3.14. The lowest BCUT2D eigenvalue weighted by atomic mass is 10.2. The summed E-state index contributed by atoms with van der Waals surface area (Å²) in [5.74, 6) is 1.89. The maximum absolute atomic E-state index is 10.8. The molecule has 1 N–H and O–H groups in total. The first-order valence-corrected chi connectivity index (χ1v) is 6.08. The van der Waals surface area contributed by atoms with Crippen LogP contribution in [0, 0.1) is 0 Å². The van der Waals surface area contributed by atoms with Crippen LogP contribution in [0.4, 0.5) is 0 Å². The molecule has 1 aromatic carbocycles. The van der Waals surface area contributed by atoms with E-state index < -0.39 is 0 Å². The molecule has 4 nitrogen and oxygen atoms in total. The summed E-state index contributed by atoms with van der Waals surface area (Å²) in [5.41, 5.74) is 1.06. The highest BCUT2D eigenvalue weighted by atomic mass is 16.5. The molecule has 0 aliphatic heterocycles. The molecule has 0 radical (unpaired) electrons. The number of rotatable bonds is 8. The Kier molecular flexibility index (Phi) is 6.22. The minimum Gasteiger partial charge on any atom is -0.497 e. The standard InChI is InChI=1S/C14H21NO3/c1-11(16)5-4-8-15-10-12-9-13(17-2)6-7-14(12)18-3/h6-7,9,15H,4-5,8,10H2,1-3H3. The number of ketones is 1. The van der Waals surface area contributed by atoms with Gasteiger partial charge in [-0.3, -0.25) is 0 Å². The molecule has 0 unspecified atom stereocenters. The van der Waals surface area contributed by atoms with E-state index in [0.29, 0.717) is 13.0 Å². The van der Waals surface area contributed by atoms with Crippen LogP contribution >= 0.6 is 0 Å². The van der Waals surface area contributed by atoms with Crippen LogP contribution in [0.3, 0.4) is 0 Å². The smallest absolute Gasteiger partial charge is 0.129 e. The highest BCUT2D eigenvalue weighted by Crippen LogP contribution is 2.23. The van der Waals surface area contributed by atoms with E-state index in [0.717, 1.165) is 30.0 Å². The van der Waals surface area contributed by atoms with Crippen molar-refractivity contribution in [2.24, 2.45) is 0 Å². The molecular weight excluding hydrogens is 230 g/mol. The molecule has 1 rings (SSSR count). The van der Waals surface area contributed by atoms with Gasteiger partial charge in [0.1, 0.15) is 17.3 Å². The van der Waals surface area contributed by atoms with Gasteiger partial charge < -0.3 is 19.6 Å². The summed E-state index contributed by atoms with van der Waals surface area (Å²) in [5, 5.41) is 3.30. The third-order valence-corrected chi connectivity index (χ3v) is 2.69. The van der Waals surface area contributed by atoms with Crippen molar-refractivity contribution in [2.75, 3.05) is 20.8 Å². The Morgan fingerprint density at radius 2 is 2.06 bits per heavy atom. The molecule has 0 aliphatic carbocycles. The van der Waals surface area contributed by atoms with E-state index >= 15 is 0 Å². The molecule has 18 heavy (non-hydrogen) atoms. The van der Waals surface area contributed by atoms with Crippen molar-refractivity contribution >= 4 is 5.78 Å². The Labute approximate surface area is 108 Å². The van der Waals surface area contributed by atoms with Crippen molar-refractivity contribution in [1.29, 1.82) is 0 Å². The predicted molar refractivity (Wildman–Crippen MR) is 71.2 cm³/mol.